The number of hydrogen-bond donors (Lipinski definition) is 0. The largest absolute Gasteiger partial charge is 0.496 e. The SMILES string of the molecule is COc1ccc(C(=O)CCN2CCCCCC2)c2ccccc12. The van der Waals surface area contributed by atoms with Crippen LogP contribution in [0.25, 0.3) is 10.8 Å². The van der Waals surface area contributed by atoms with Crippen molar-refractivity contribution in [2.45, 2.75) is 32.1 Å². The average molecular weight is 311 g/mol. The Bertz CT molecular complexity index is 672. The lowest BCUT2D eigenvalue weighted by Crippen LogP contribution is -2.27. The van der Waals surface area contributed by atoms with E-state index in [2.05, 4.69) is 4.90 Å². The van der Waals surface area contributed by atoms with Gasteiger partial charge in [0.05, 0.1) is 7.11 Å². The molecule has 122 valence electrons. The van der Waals surface area contributed by atoms with E-state index in [4.69, 9.17) is 4.74 Å². The van der Waals surface area contributed by atoms with E-state index in [1.54, 1.807) is 7.11 Å². The van der Waals surface area contributed by atoms with Crippen LogP contribution in [-0.2, 0) is 0 Å². The second-order valence-electron chi connectivity index (χ2n) is 6.29. The van der Waals surface area contributed by atoms with Crippen LogP contribution >= 0.6 is 0 Å². The van der Waals surface area contributed by atoms with Gasteiger partial charge in [0.2, 0.25) is 0 Å². The quantitative estimate of drug-likeness (QED) is 0.771. The van der Waals surface area contributed by atoms with Crippen molar-refractivity contribution in [2.24, 2.45) is 0 Å². The molecule has 3 nitrogen and oxygen atoms in total. The number of ether oxygens (including phenoxy) is 1. The van der Waals surface area contributed by atoms with Gasteiger partial charge in [-0.15, -0.1) is 0 Å². The van der Waals surface area contributed by atoms with Crippen LogP contribution in [0.1, 0.15) is 42.5 Å². The summed E-state index contributed by atoms with van der Waals surface area (Å²) in [4.78, 5) is 15.2. The molecule has 0 aromatic heterocycles. The monoisotopic (exact) mass is 311 g/mol. The fourth-order valence-electron chi connectivity index (χ4n) is 3.45. The number of carbonyl (C=O) groups is 1. The highest BCUT2D eigenvalue weighted by Gasteiger charge is 2.15. The second kappa shape index (κ2) is 7.60. The van der Waals surface area contributed by atoms with Crippen molar-refractivity contribution in [2.75, 3.05) is 26.7 Å². The molecule has 0 aliphatic carbocycles. The van der Waals surface area contributed by atoms with Crippen LogP contribution in [0.3, 0.4) is 0 Å². The van der Waals surface area contributed by atoms with Gasteiger partial charge >= 0.3 is 0 Å². The zero-order chi connectivity index (χ0) is 16.1. The second-order valence-corrected chi connectivity index (χ2v) is 6.29. The van der Waals surface area contributed by atoms with Gasteiger partial charge in [0.15, 0.2) is 5.78 Å². The van der Waals surface area contributed by atoms with Crippen molar-refractivity contribution >= 4 is 16.6 Å². The zero-order valence-electron chi connectivity index (χ0n) is 13.9. The molecule has 1 heterocycles. The summed E-state index contributed by atoms with van der Waals surface area (Å²) in [6, 6.07) is 11.8. The van der Waals surface area contributed by atoms with E-state index in [1.165, 1.54) is 25.7 Å². The molecule has 1 fully saturated rings. The Hall–Kier alpha value is -1.87. The first-order chi connectivity index (χ1) is 11.3. The van der Waals surface area contributed by atoms with Crippen LogP contribution in [0.2, 0.25) is 0 Å². The summed E-state index contributed by atoms with van der Waals surface area (Å²) in [6.45, 7) is 3.15. The highest BCUT2D eigenvalue weighted by Crippen LogP contribution is 2.29. The molecule has 23 heavy (non-hydrogen) atoms. The summed E-state index contributed by atoms with van der Waals surface area (Å²) < 4.78 is 5.41. The molecule has 2 aromatic rings. The van der Waals surface area contributed by atoms with Crippen molar-refractivity contribution in [1.82, 2.24) is 4.90 Å². The van der Waals surface area contributed by atoms with Crippen molar-refractivity contribution in [1.29, 1.82) is 0 Å². The van der Waals surface area contributed by atoms with Crippen molar-refractivity contribution in [3.05, 3.63) is 42.0 Å². The first-order valence-corrected chi connectivity index (χ1v) is 8.61. The minimum atomic E-state index is 0.230. The van der Waals surface area contributed by atoms with Gasteiger partial charge in [0.1, 0.15) is 5.75 Å². The summed E-state index contributed by atoms with van der Waals surface area (Å²) in [5, 5.41) is 2.00. The number of hydrogen-bond acceptors (Lipinski definition) is 3. The number of rotatable bonds is 5. The lowest BCUT2D eigenvalue weighted by Gasteiger charge is -2.19. The van der Waals surface area contributed by atoms with Gasteiger partial charge in [-0.2, -0.15) is 0 Å². The molecule has 1 aliphatic heterocycles. The van der Waals surface area contributed by atoms with E-state index in [1.807, 2.05) is 36.4 Å². The first kappa shape index (κ1) is 16.0. The third-order valence-corrected chi connectivity index (χ3v) is 4.76. The lowest BCUT2D eigenvalue weighted by molar-refractivity contribution is 0.0966. The predicted octanol–water partition coefficient (Wildman–Crippen LogP) is 4.30. The first-order valence-electron chi connectivity index (χ1n) is 8.61. The maximum absolute atomic E-state index is 12.7. The van der Waals surface area contributed by atoms with Gasteiger partial charge in [0.25, 0.3) is 0 Å². The van der Waals surface area contributed by atoms with Crippen LogP contribution in [0.5, 0.6) is 5.75 Å². The zero-order valence-corrected chi connectivity index (χ0v) is 13.9. The van der Waals surface area contributed by atoms with Crippen molar-refractivity contribution < 1.29 is 9.53 Å². The van der Waals surface area contributed by atoms with E-state index < -0.39 is 0 Å². The van der Waals surface area contributed by atoms with Crippen LogP contribution in [0, 0.1) is 0 Å². The molecule has 0 amide bonds. The Morgan fingerprint density at radius 1 is 1.00 bits per heavy atom. The molecule has 0 spiro atoms. The fourth-order valence-corrected chi connectivity index (χ4v) is 3.45. The minimum absolute atomic E-state index is 0.230. The molecule has 1 aliphatic rings. The third kappa shape index (κ3) is 3.73. The van der Waals surface area contributed by atoms with Crippen LogP contribution < -0.4 is 4.74 Å². The van der Waals surface area contributed by atoms with E-state index in [0.717, 1.165) is 41.7 Å². The van der Waals surface area contributed by atoms with Crippen molar-refractivity contribution in [3.8, 4) is 5.75 Å². The molecule has 0 radical (unpaired) electrons. The fraction of sp³-hybridized carbons (Fsp3) is 0.450. The maximum Gasteiger partial charge on any atom is 0.164 e. The highest BCUT2D eigenvalue weighted by atomic mass is 16.5. The maximum atomic E-state index is 12.7. The van der Waals surface area contributed by atoms with Crippen LogP contribution in [0.15, 0.2) is 36.4 Å². The topological polar surface area (TPSA) is 29.5 Å². The lowest BCUT2D eigenvalue weighted by atomic mass is 9.99. The molecule has 0 N–H and O–H groups in total. The molecular weight excluding hydrogens is 286 g/mol. The van der Waals surface area contributed by atoms with Gasteiger partial charge in [0, 0.05) is 23.9 Å². The summed E-state index contributed by atoms with van der Waals surface area (Å²) in [7, 11) is 1.67. The van der Waals surface area contributed by atoms with Crippen LogP contribution in [0.4, 0.5) is 0 Å². The Labute approximate surface area is 138 Å². The van der Waals surface area contributed by atoms with E-state index in [9.17, 15) is 4.79 Å². The molecule has 0 unspecified atom stereocenters. The number of fused-ring (bicyclic) bond motifs is 1. The summed E-state index contributed by atoms with van der Waals surface area (Å²) >= 11 is 0. The van der Waals surface area contributed by atoms with Crippen LogP contribution in [-0.4, -0.2) is 37.4 Å². The minimum Gasteiger partial charge on any atom is -0.496 e. The normalized spacial score (nSPS) is 16.2. The number of ketones is 1. The molecule has 1 saturated heterocycles. The molecule has 0 saturated carbocycles. The molecule has 3 rings (SSSR count). The Morgan fingerprint density at radius 2 is 1.70 bits per heavy atom. The predicted molar refractivity (Wildman–Crippen MR) is 94.4 cm³/mol. The average Bonchev–Trinajstić information content (AvgIpc) is 2.87. The Balaban J connectivity index is 1.75. The summed E-state index contributed by atoms with van der Waals surface area (Å²) in [5.41, 5.74) is 0.816. The number of carbonyl (C=O) groups excluding carboxylic acids is 1. The van der Waals surface area contributed by atoms with Gasteiger partial charge in [-0.3, -0.25) is 4.79 Å². The van der Waals surface area contributed by atoms with E-state index >= 15 is 0 Å². The summed E-state index contributed by atoms with van der Waals surface area (Å²) in [6.07, 6.45) is 5.77. The van der Waals surface area contributed by atoms with E-state index in [0.29, 0.717) is 6.42 Å². The van der Waals surface area contributed by atoms with Crippen molar-refractivity contribution in [3.63, 3.8) is 0 Å². The van der Waals surface area contributed by atoms with E-state index in [-0.39, 0.29) is 5.78 Å². The molecule has 0 bridgehead atoms. The number of likely N-dealkylation sites (tertiary alicyclic amines) is 1. The smallest absolute Gasteiger partial charge is 0.164 e. The Kier molecular flexibility index (Phi) is 5.29. The van der Waals surface area contributed by atoms with Gasteiger partial charge < -0.3 is 9.64 Å². The Morgan fingerprint density at radius 3 is 2.39 bits per heavy atom. The van der Waals surface area contributed by atoms with Gasteiger partial charge in [-0.25, -0.2) is 0 Å². The third-order valence-electron chi connectivity index (χ3n) is 4.76. The number of nitrogens with zero attached hydrogens (tertiary/aromatic N) is 1. The van der Waals surface area contributed by atoms with Gasteiger partial charge in [-0.1, -0.05) is 37.1 Å². The highest BCUT2D eigenvalue weighted by molar-refractivity contribution is 6.09. The molecule has 3 heteroatoms. The summed E-state index contributed by atoms with van der Waals surface area (Å²) in [5.74, 6) is 1.05. The molecule has 0 atom stereocenters. The number of benzene rings is 2. The van der Waals surface area contributed by atoms with Gasteiger partial charge in [-0.05, 0) is 43.5 Å². The number of methoxy groups -OCH3 is 1. The molecular formula is C20H25NO2. The molecule has 2 aromatic carbocycles. The number of Topliss-reactive ketones (excluding diaryl/α,β-unsaturated/α-hetero) is 1. The standard InChI is InChI=1S/C20H25NO2/c1-23-20-11-10-17(16-8-4-5-9-18(16)20)19(22)12-15-21-13-6-2-3-7-14-21/h4-5,8-11H,2-3,6-7,12-15H2,1H3.